The van der Waals surface area contributed by atoms with Gasteiger partial charge in [-0.1, -0.05) is 23.2 Å². The molecule has 0 saturated carbocycles. The lowest BCUT2D eigenvalue weighted by Crippen LogP contribution is -2.46. The second kappa shape index (κ2) is 8.03. The first kappa shape index (κ1) is 19.3. The summed E-state index contributed by atoms with van der Waals surface area (Å²) in [7, 11) is 0. The van der Waals surface area contributed by atoms with Gasteiger partial charge >= 0.3 is 0 Å². The summed E-state index contributed by atoms with van der Waals surface area (Å²) >= 11 is 18.3. The Kier molecular flexibility index (Phi) is 5.95. The molecule has 1 atom stereocenters. The molecule has 0 radical (unpaired) electrons. The monoisotopic (exact) mass is 414 g/mol. The van der Waals surface area contributed by atoms with Crippen molar-refractivity contribution in [3.63, 3.8) is 0 Å². The van der Waals surface area contributed by atoms with Gasteiger partial charge in [0.05, 0.1) is 24.3 Å². The van der Waals surface area contributed by atoms with E-state index in [1.54, 1.807) is 6.07 Å². The van der Waals surface area contributed by atoms with E-state index in [0.29, 0.717) is 57.4 Å². The zero-order valence-corrected chi connectivity index (χ0v) is 16.9. The number of rotatable bonds is 5. The van der Waals surface area contributed by atoms with E-state index in [9.17, 15) is 4.79 Å². The van der Waals surface area contributed by atoms with Crippen molar-refractivity contribution in [2.45, 2.75) is 39.2 Å². The molecular weight excluding hydrogens is 395 g/mol. The largest absolute Gasteiger partial charge is 0.492 e. The third kappa shape index (κ3) is 3.50. The summed E-state index contributed by atoms with van der Waals surface area (Å²) in [6.07, 6.45) is 2.10. The summed E-state index contributed by atoms with van der Waals surface area (Å²) < 4.78 is 11.4. The Morgan fingerprint density at radius 3 is 2.58 bits per heavy atom. The first-order chi connectivity index (χ1) is 12.5. The number of carbonyl (C=O) groups is 1. The molecule has 1 aliphatic heterocycles. The van der Waals surface area contributed by atoms with Crippen molar-refractivity contribution in [2.24, 2.45) is 0 Å². The van der Waals surface area contributed by atoms with Crippen LogP contribution in [0.4, 0.5) is 0 Å². The highest BCUT2D eigenvalue weighted by Gasteiger charge is 2.36. The van der Waals surface area contributed by atoms with Gasteiger partial charge in [0.15, 0.2) is 16.6 Å². The second-order valence-corrected chi connectivity index (χ2v) is 7.18. The molecule has 140 valence electrons. The van der Waals surface area contributed by atoms with E-state index in [1.807, 2.05) is 13.8 Å². The van der Waals surface area contributed by atoms with Crippen LogP contribution in [-0.4, -0.2) is 24.1 Å². The van der Waals surface area contributed by atoms with Crippen LogP contribution >= 0.6 is 35.4 Å². The van der Waals surface area contributed by atoms with E-state index in [2.05, 4.69) is 10.6 Å². The number of hydrogen-bond acceptors (Lipinski definition) is 4. The van der Waals surface area contributed by atoms with E-state index in [4.69, 9.17) is 44.9 Å². The summed E-state index contributed by atoms with van der Waals surface area (Å²) in [4.78, 5) is 12.6. The molecular formula is C18H20Cl2N2O3S. The van der Waals surface area contributed by atoms with E-state index in [-0.39, 0.29) is 5.78 Å². The van der Waals surface area contributed by atoms with Crippen LogP contribution in [0.15, 0.2) is 17.3 Å². The van der Waals surface area contributed by atoms with Gasteiger partial charge in [-0.05, 0) is 45.0 Å². The average molecular weight is 415 g/mol. The Balaban J connectivity index is 2.18. The molecule has 0 bridgehead atoms. The van der Waals surface area contributed by atoms with E-state index in [0.717, 1.165) is 18.5 Å². The molecule has 0 aromatic heterocycles. The van der Waals surface area contributed by atoms with Crippen LogP contribution < -0.4 is 20.1 Å². The smallest absolute Gasteiger partial charge is 0.171 e. The van der Waals surface area contributed by atoms with Crippen molar-refractivity contribution in [2.75, 3.05) is 13.2 Å². The minimum Gasteiger partial charge on any atom is -0.492 e. The zero-order chi connectivity index (χ0) is 18.8. The van der Waals surface area contributed by atoms with Crippen LogP contribution in [0.25, 0.3) is 0 Å². The standard InChI is InChI=1S/C18H20Cl2N2O3S/c1-3-24-16-9(8-10(19)17(14(16)20)25-4-2)15-13-11(21-18(26)22-15)6-5-7-12(13)23/h8,15H,3-7H2,1-2H3,(H2,21,22,26). The molecule has 8 heteroatoms. The molecule has 0 spiro atoms. The Labute approximate surface area is 168 Å². The molecule has 1 unspecified atom stereocenters. The van der Waals surface area contributed by atoms with Gasteiger partial charge in [-0.3, -0.25) is 4.79 Å². The summed E-state index contributed by atoms with van der Waals surface area (Å²) in [5.74, 6) is 0.917. The fourth-order valence-corrected chi connectivity index (χ4v) is 4.20. The molecule has 2 N–H and O–H groups in total. The predicted molar refractivity (Wildman–Crippen MR) is 106 cm³/mol. The third-order valence-corrected chi connectivity index (χ3v) is 5.18. The molecule has 1 aromatic carbocycles. The quantitative estimate of drug-likeness (QED) is 0.699. The first-order valence-electron chi connectivity index (χ1n) is 8.59. The Morgan fingerprint density at radius 2 is 1.88 bits per heavy atom. The van der Waals surface area contributed by atoms with Gasteiger partial charge in [0.1, 0.15) is 10.8 Å². The van der Waals surface area contributed by atoms with E-state index in [1.165, 1.54) is 0 Å². The van der Waals surface area contributed by atoms with Gasteiger partial charge in [-0.25, -0.2) is 0 Å². The summed E-state index contributed by atoms with van der Waals surface area (Å²) in [6, 6.07) is 1.28. The van der Waals surface area contributed by atoms with Crippen LogP contribution in [0.3, 0.4) is 0 Å². The molecule has 3 rings (SSSR count). The normalized spacial score (nSPS) is 19.6. The number of Topliss-reactive ketones (excluding diaryl/α,β-unsaturated/α-hetero) is 1. The van der Waals surface area contributed by atoms with Crippen molar-refractivity contribution >= 4 is 46.3 Å². The van der Waals surface area contributed by atoms with Crippen LogP contribution in [0.5, 0.6) is 11.5 Å². The van der Waals surface area contributed by atoms with E-state index >= 15 is 0 Å². The van der Waals surface area contributed by atoms with Gasteiger partial charge in [-0.2, -0.15) is 0 Å². The van der Waals surface area contributed by atoms with Gasteiger partial charge < -0.3 is 20.1 Å². The number of allylic oxidation sites excluding steroid dienone is 1. The molecule has 1 heterocycles. The molecule has 0 amide bonds. The van der Waals surface area contributed by atoms with Crippen LogP contribution in [0.2, 0.25) is 10.0 Å². The second-order valence-electron chi connectivity index (χ2n) is 5.99. The third-order valence-electron chi connectivity index (χ3n) is 4.33. The molecule has 1 aliphatic carbocycles. The van der Waals surface area contributed by atoms with Crippen LogP contribution in [-0.2, 0) is 4.79 Å². The van der Waals surface area contributed by atoms with Gasteiger partial charge in [0, 0.05) is 23.3 Å². The molecule has 2 aliphatic rings. The topological polar surface area (TPSA) is 59.6 Å². The van der Waals surface area contributed by atoms with Crippen molar-refractivity contribution in [3.8, 4) is 11.5 Å². The number of ketones is 1. The maximum atomic E-state index is 12.6. The summed E-state index contributed by atoms with van der Waals surface area (Å²) in [5, 5.41) is 7.41. The van der Waals surface area contributed by atoms with Crippen molar-refractivity contribution in [1.82, 2.24) is 10.6 Å². The van der Waals surface area contributed by atoms with Crippen molar-refractivity contribution in [1.29, 1.82) is 0 Å². The maximum Gasteiger partial charge on any atom is 0.171 e. The fraction of sp³-hybridized carbons (Fsp3) is 0.444. The highest BCUT2D eigenvalue weighted by atomic mass is 35.5. The lowest BCUT2D eigenvalue weighted by atomic mass is 9.85. The maximum absolute atomic E-state index is 12.6. The number of carbonyl (C=O) groups excluding carboxylic acids is 1. The van der Waals surface area contributed by atoms with Gasteiger partial charge in [0.2, 0.25) is 0 Å². The fourth-order valence-electron chi connectivity index (χ4n) is 3.32. The minimum atomic E-state index is -0.459. The lowest BCUT2D eigenvalue weighted by molar-refractivity contribution is -0.116. The van der Waals surface area contributed by atoms with Gasteiger partial charge in [0.25, 0.3) is 0 Å². The minimum absolute atomic E-state index is 0.0855. The number of benzene rings is 1. The Bertz CT molecular complexity index is 795. The number of nitrogens with one attached hydrogen (secondary N) is 2. The summed E-state index contributed by atoms with van der Waals surface area (Å²) in [6.45, 7) is 4.56. The average Bonchev–Trinajstić information content (AvgIpc) is 2.60. The number of halogens is 2. The predicted octanol–water partition coefficient (Wildman–Crippen LogP) is 4.32. The van der Waals surface area contributed by atoms with Crippen molar-refractivity contribution in [3.05, 3.63) is 32.9 Å². The number of thiocarbonyl (C=S) groups is 1. The number of hydrogen-bond donors (Lipinski definition) is 2. The SMILES string of the molecule is CCOc1c(Cl)cc(C2NC(=S)NC3=C2C(=O)CCC3)c(OCC)c1Cl. The van der Waals surface area contributed by atoms with E-state index < -0.39 is 6.04 Å². The highest BCUT2D eigenvalue weighted by Crippen LogP contribution is 2.47. The molecule has 1 aromatic rings. The highest BCUT2D eigenvalue weighted by molar-refractivity contribution is 7.80. The van der Waals surface area contributed by atoms with Crippen LogP contribution in [0.1, 0.15) is 44.7 Å². The number of ether oxygens (including phenoxy) is 2. The zero-order valence-electron chi connectivity index (χ0n) is 14.6. The van der Waals surface area contributed by atoms with Crippen molar-refractivity contribution < 1.29 is 14.3 Å². The molecule has 5 nitrogen and oxygen atoms in total. The Hall–Kier alpha value is -1.50. The Morgan fingerprint density at radius 1 is 1.19 bits per heavy atom. The molecule has 0 fully saturated rings. The molecule has 26 heavy (non-hydrogen) atoms. The molecule has 0 saturated heterocycles. The lowest BCUT2D eigenvalue weighted by Gasteiger charge is -2.34. The van der Waals surface area contributed by atoms with Crippen LogP contribution in [0, 0.1) is 0 Å². The summed E-state index contributed by atoms with van der Waals surface area (Å²) in [5.41, 5.74) is 2.21. The van der Waals surface area contributed by atoms with Gasteiger partial charge in [-0.15, -0.1) is 0 Å². The first-order valence-corrected chi connectivity index (χ1v) is 9.75.